The molecule has 0 amide bonds. The highest BCUT2D eigenvalue weighted by Gasteiger charge is 2.39. The lowest BCUT2D eigenvalue weighted by molar-refractivity contribution is 0.111. The largest absolute Gasteiger partial charge is 0.507 e. The molecule has 2 N–H and O–H groups in total. The molecule has 0 saturated carbocycles. The first-order chi connectivity index (χ1) is 13.2. The Morgan fingerprint density at radius 2 is 2.00 bits per heavy atom. The van der Waals surface area contributed by atoms with Crippen molar-refractivity contribution in [2.75, 3.05) is 31.1 Å². The van der Waals surface area contributed by atoms with E-state index in [0.29, 0.717) is 18.1 Å². The normalized spacial score (nSPS) is 28.0. The smallest absolute Gasteiger partial charge is 0.125 e. The number of nitrogens with one attached hydrogen (secondary N) is 1. The van der Waals surface area contributed by atoms with Gasteiger partial charge in [0.1, 0.15) is 5.75 Å². The molecule has 0 bridgehead atoms. The van der Waals surface area contributed by atoms with Crippen LogP contribution in [0.4, 0.5) is 5.69 Å². The average Bonchev–Trinajstić information content (AvgIpc) is 3.22. The maximum absolute atomic E-state index is 10.2. The van der Waals surface area contributed by atoms with Crippen molar-refractivity contribution in [1.29, 1.82) is 0 Å². The molecular weight excluding hydrogens is 338 g/mol. The molecule has 142 valence electrons. The number of benzene rings is 1. The fraction of sp³-hybridized carbons (Fsp3) is 0.524. The van der Waals surface area contributed by atoms with E-state index in [-0.39, 0.29) is 5.75 Å². The summed E-state index contributed by atoms with van der Waals surface area (Å²) in [5, 5.41) is 22.6. The van der Waals surface area contributed by atoms with Crippen molar-refractivity contribution in [1.82, 2.24) is 20.4 Å². The number of hydrogen-bond acceptors (Lipinski definition) is 6. The molecule has 3 atom stereocenters. The molecule has 2 aromatic rings. The molecule has 0 spiro atoms. The number of fused-ring (bicyclic) bond motifs is 3. The first-order valence-corrected chi connectivity index (χ1v) is 10.1. The van der Waals surface area contributed by atoms with Crippen LogP contribution in [0.5, 0.6) is 5.75 Å². The first kappa shape index (κ1) is 17.0. The summed E-state index contributed by atoms with van der Waals surface area (Å²) in [4.78, 5) is 5.26. The zero-order valence-corrected chi connectivity index (χ0v) is 15.8. The number of aromatic hydroxyl groups is 1. The van der Waals surface area contributed by atoms with Crippen LogP contribution in [-0.4, -0.2) is 64.5 Å². The van der Waals surface area contributed by atoms with Gasteiger partial charge in [-0.05, 0) is 50.9 Å². The number of piperazine rings is 1. The lowest BCUT2D eigenvalue weighted by Crippen LogP contribution is -2.61. The summed E-state index contributed by atoms with van der Waals surface area (Å²) in [5.41, 5.74) is 3.80. The zero-order valence-electron chi connectivity index (χ0n) is 15.8. The van der Waals surface area contributed by atoms with E-state index < -0.39 is 0 Å². The highest BCUT2D eigenvalue weighted by atomic mass is 16.3. The van der Waals surface area contributed by atoms with Gasteiger partial charge in [-0.3, -0.25) is 4.90 Å². The molecule has 0 radical (unpaired) electrons. The molecule has 27 heavy (non-hydrogen) atoms. The number of aryl methyl sites for hydroxylation is 1. The van der Waals surface area contributed by atoms with Gasteiger partial charge >= 0.3 is 0 Å². The van der Waals surface area contributed by atoms with Gasteiger partial charge in [-0.15, -0.1) is 5.10 Å². The van der Waals surface area contributed by atoms with E-state index in [1.165, 1.54) is 12.1 Å². The van der Waals surface area contributed by atoms with E-state index in [4.69, 9.17) is 0 Å². The Balaban J connectivity index is 1.45. The van der Waals surface area contributed by atoms with Gasteiger partial charge in [0.2, 0.25) is 0 Å². The minimum absolute atomic E-state index is 0.256. The van der Waals surface area contributed by atoms with Crippen molar-refractivity contribution in [3.63, 3.8) is 0 Å². The molecule has 2 fully saturated rings. The van der Waals surface area contributed by atoms with Gasteiger partial charge in [-0.1, -0.05) is 12.1 Å². The van der Waals surface area contributed by atoms with Gasteiger partial charge in [0.15, 0.2) is 0 Å². The van der Waals surface area contributed by atoms with E-state index in [0.717, 1.165) is 56.0 Å². The molecule has 1 unspecified atom stereocenters. The van der Waals surface area contributed by atoms with Crippen LogP contribution in [0.15, 0.2) is 30.3 Å². The van der Waals surface area contributed by atoms with Crippen LogP contribution in [0.3, 0.4) is 0 Å². The van der Waals surface area contributed by atoms with Gasteiger partial charge in [-0.25, -0.2) is 0 Å². The molecule has 1 aromatic carbocycles. The van der Waals surface area contributed by atoms with Crippen LogP contribution >= 0.6 is 0 Å². The van der Waals surface area contributed by atoms with E-state index in [1.807, 2.05) is 18.2 Å². The number of anilines is 1. The van der Waals surface area contributed by atoms with E-state index in [9.17, 15) is 5.11 Å². The fourth-order valence-electron chi connectivity index (χ4n) is 4.99. The number of hydrogen-bond donors (Lipinski definition) is 2. The van der Waals surface area contributed by atoms with E-state index in [1.54, 1.807) is 6.07 Å². The Morgan fingerprint density at radius 3 is 2.81 bits per heavy atom. The Bertz CT molecular complexity index is 835. The maximum atomic E-state index is 10.2. The SMILES string of the molecule is C[C@H]1CN2c3cc(-c4ccccc4O)nnc3CC[C@H]2CN1C1CCNC1. The standard InChI is InChI=1S/C21H27N5O/c1-14-12-26-16(13-25(14)15-8-9-22-11-15)6-7-18-20(26)10-19(24-23-18)17-4-2-3-5-21(17)27/h2-5,10,14-16,22,27H,6-9,11-13H2,1H3/t14-,15?,16-/m0/s1. The summed E-state index contributed by atoms with van der Waals surface area (Å²) in [6, 6.07) is 11.2. The molecule has 3 aliphatic rings. The second-order valence-corrected chi connectivity index (χ2v) is 8.12. The van der Waals surface area contributed by atoms with Crippen LogP contribution < -0.4 is 10.2 Å². The highest BCUT2D eigenvalue weighted by molar-refractivity contribution is 5.71. The lowest BCUT2D eigenvalue weighted by Gasteiger charge is -2.50. The summed E-state index contributed by atoms with van der Waals surface area (Å²) >= 11 is 0. The van der Waals surface area contributed by atoms with Crippen LogP contribution in [0.1, 0.15) is 25.5 Å². The summed E-state index contributed by atoms with van der Waals surface area (Å²) < 4.78 is 0. The Labute approximate surface area is 160 Å². The van der Waals surface area contributed by atoms with Gasteiger partial charge in [0, 0.05) is 43.3 Å². The molecule has 1 aromatic heterocycles. The van der Waals surface area contributed by atoms with Crippen LogP contribution in [0, 0.1) is 0 Å². The van der Waals surface area contributed by atoms with Gasteiger partial charge in [0.05, 0.1) is 17.1 Å². The minimum atomic E-state index is 0.256. The van der Waals surface area contributed by atoms with Crippen molar-refractivity contribution in [2.24, 2.45) is 0 Å². The third-order valence-corrected chi connectivity index (χ3v) is 6.44. The second kappa shape index (κ2) is 6.77. The molecule has 5 rings (SSSR count). The Morgan fingerprint density at radius 1 is 1.11 bits per heavy atom. The monoisotopic (exact) mass is 365 g/mol. The molecule has 6 nitrogen and oxygen atoms in total. The topological polar surface area (TPSA) is 64.5 Å². The van der Waals surface area contributed by atoms with Crippen LogP contribution in [-0.2, 0) is 6.42 Å². The highest BCUT2D eigenvalue weighted by Crippen LogP contribution is 2.37. The van der Waals surface area contributed by atoms with E-state index >= 15 is 0 Å². The molecule has 6 heteroatoms. The summed E-state index contributed by atoms with van der Waals surface area (Å²) in [7, 11) is 0. The predicted octanol–water partition coefficient (Wildman–Crippen LogP) is 2.04. The first-order valence-electron chi connectivity index (χ1n) is 10.1. The Kier molecular flexibility index (Phi) is 4.25. The van der Waals surface area contributed by atoms with Crippen molar-refractivity contribution >= 4 is 5.69 Å². The van der Waals surface area contributed by atoms with E-state index in [2.05, 4.69) is 38.3 Å². The Hall–Kier alpha value is -2.18. The van der Waals surface area contributed by atoms with Crippen molar-refractivity contribution in [2.45, 2.75) is 44.3 Å². The number of para-hydroxylation sites is 1. The van der Waals surface area contributed by atoms with Crippen molar-refractivity contribution in [3.8, 4) is 17.0 Å². The number of aromatic nitrogens is 2. The molecule has 3 aliphatic heterocycles. The second-order valence-electron chi connectivity index (χ2n) is 8.12. The van der Waals surface area contributed by atoms with Gasteiger partial charge in [-0.2, -0.15) is 5.10 Å². The molecule has 4 heterocycles. The lowest BCUT2D eigenvalue weighted by atomic mass is 9.93. The summed E-state index contributed by atoms with van der Waals surface area (Å²) in [6.45, 7) is 6.77. The van der Waals surface area contributed by atoms with Gasteiger partial charge in [0.25, 0.3) is 0 Å². The number of nitrogens with zero attached hydrogens (tertiary/aromatic N) is 4. The average molecular weight is 365 g/mol. The zero-order chi connectivity index (χ0) is 18.4. The number of phenols is 1. The van der Waals surface area contributed by atoms with Crippen LogP contribution in [0.2, 0.25) is 0 Å². The summed E-state index contributed by atoms with van der Waals surface area (Å²) in [5.74, 6) is 0.256. The minimum Gasteiger partial charge on any atom is -0.507 e. The third-order valence-electron chi connectivity index (χ3n) is 6.44. The summed E-state index contributed by atoms with van der Waals surface area (Å²) in [6.07, 6.45) is 3.38. The third kappa shape index (κ3) is 2.97. The number of phenolic OH excluding ortho intramolecular Hbond substituents is 1. The van der Waals surface area contributed by atoms with Crippen LogP contribution in [0.25, 0.3) is 11.3 Å². The predicted molar refractivity (Wildman–Crippen MR) is 106 cm³/mol. The van der Waals surface area contributed by atoms with Crippen molar-refractivity contribution in [3.05, 3.63) is 36.0 Å². The number of rotatable bonds is 2. The molecule has 0 aliphatic carbocycles. The quantitative estimate of drug-likeness (QED) is 0.849. The van der Waals surface area contributed by atoms with Crippen molar-refractivity contribution < 1.29 is 5.11 Å². The molecular formula is C21H27N5O. The fourth-order valence-corrected chi connectivity index (χ4v) is 4.99. The molecule has 2 saturated heterocycles. The maximum Gasteiger partial charge on any atom is 0.125 e. The van der Waals surface area contributed by atoms with Gasteiger partial charge < -0.3 is 15.3 Å².